The molecule has 7 nitrogen and oxygen atoms in total. The van der Waals surface area contributed by atoms with Gasteiger partial charge >= 0.3 is 0 Å². The predicted molar refractivity (Wildman–Crippen MR) is 112 cm³/mol. The summed E-state index contributed by atoms with van der Waals surface area (Å²) >= 11 is 1.41. The van der Waals surface area contributed by atoms with Crippen molar-refractivity contribution in [2.24, 2.45) is 7.05 Å². The monoisotopic (exact) mass is 394 g/mol. The Morgan fingerprint density at radius 3 is 2.79 bits per heavy atom. The number of nitrogens with one attached hydrogen (secondary N) is 1. The Balaban J connectivity index is 1.59. The Morgan fingerprint density at radius 2 is 2.07 bits per heavy atom. The normalized spacial score (nSPS) is 12.4. The number of rotatable bonds is 5. The van der Waals surface area contributed by atoms with Crippen molar-refractivity contribution >= 4 is 33.4 Å². The van der Waals surface area contributed by atoms with Crippen molar-refractivity contribution in [3.63, 3.8) is 0 Å². The molecule has 1 amide bonds. The van der Waals surface area contributed by atoms with E-state index in [0.29, 0.717) is 5.13 Å². The number of hydrogen-bond donors (Lipinski definition) is 1. The van der Waals surface area contributed by atoms with Crippen LogP contribution in [0.25, 0.3) is 22.3 Å². The second kappa shape index (κ2) is 7.20. The molecule has 0 aliphatic rings. The first-order valence-electron chi connectivity index (χ1n) is 9.20. The fraction of sp³-hybridized carbons (Fsp3) is 0.300. The highest BCUT2D eigenvalue weighted by atomic mass is 32.1. The number of benzene rings is 1. The van der Waals surface area contributed by atoms with Gasteiger partial charge in [-0.05, 0) is 26.0 Å². The van der Waals surface area contributed by atoms with E-state index in [4.69, 9.17) is 0 Å². The highest BCUT2D eigenvalue weighted by Crippen LogP contribution is 2.28. The van der Waals surface area contributed by atoms with Crippen LogP contribution in [0, 0.1) is 6.92 Å². The van der Waals surface area contributed by atoms with Crippen LogP contribution in [0.4, 0.5) is 5.13 Å². The number of fused-ring (bicyclic) bond motifs is 1. The average Bonchev–Trinajstić information content (AvgIpc) is 3.37. The summed E-state index contributed by atoms with van der Waals surface area (Å²) in [5, 5.41) is 9.83. The number of carbonyl (C=O) groups is 1. The van der Waals surface area contributed by atoms with E-state index in [-0.39, 0.29) is 5.91 Å². The Bertz CT molecular complexity index is 1150. The summed E-state index contributed by atoms with van der Waals surface area (Å²) in [5.74, 6) is 0.788. The molecular weight excluding hydrogens is 372 g/mol. The number of anilines is 1. The maximum atomic E-state index is 12.9. The minimum Gasteiger partial charge on any atom is -0.316 e. The molecule has 8 heteroatoms. The lowest BCUT2D eigenvalue weighted by Crippen LogP contribution is -2.24. The van der Waals surface area contributed by atoms with E-state index in [1.54, 1.807) is 4.68 Å². The first kappa shape index (κ1) is 18.4. The molecule has 4 aromatic rings. The molecule has 1 unspecified atom stereocenters. The fourth-order valence-corrected chi connectivity index (χ4v) is 4.12. The predicted octanol–water partition coefficient (Wildman–Crippen LogP) is 3.96. The molecule has 3 heterocycles. The van der Waals surface area contributed by atoms with E-state index in [1.807, 2.05) is 68.2 Å². The van der Waals surface area contributed by atoms with Crippen LogP contribution < -0.4 is 5.32 Å². The SMILES string of the molecule is CCc1nc2ccccc2n1C(C)C(=O)Nc1nc(-c2cn(C)nc2C)cs1. The van der Waals surface area contributed by atoms with Crippen LogP contribution in [-0.4, -0.2) is 30.2 Å². The van der Waals surface area contributed by atoms with Crippen LogP contribution in [0.2, 0.25) is 0 Å². The molecule has 3 aromatic heterocycles. The Hall–Kier alpha value is -3.00. The van der Waals surface area contributed by atoms with Crippen molar-refractivity contribution < 1.29 is 4.79 Å². The number of imidazole rings is 1. The summed E-state index contributed by atoms with van der Waals surface area (Å²) in [6, 6.07) is 7.50. The third-order valence-electron chi connectivity index (χ3n) is 4.78. The van der Waals surface area contributed by atoms with E-state index in [2.05, 4.69) is 20.4 Å². The molecule has 0 spiro atoms. The van der Waals surface area contributed by atoms with Crippen molar-refractivity contribution in [1.82, 2.24) is 24.3 Å². The number of para-hydroxylation sites is 2. The van der Waals surface area contributed by atoms with Crippen LogP contribution >= 0.6 is 11.3 Å². The average molecular weight is 395 g/mol. The van der Waals surface area contributed by atoms with Crippen molar-refractivity contribution in [3.05, 3.63) is 47.4 Å². The molecule has 1 N–H and O–H groups in total. The van der Waals surface area contributed by atoms with Gasteiger partial charge in [-0.3, -0.25) is 9.48 Å². The van der Waals surface area contributed by atoms with E-state index in [9.17, 15) is 4.79 Å². The number of amides is 1. The zero-order chi connectivity index (χ0) is 19.8. The zero-order valence-corrected chi connectivity index (χ0v) is 17.1. The second-order valence-electron chi connectivity index (χ2n) is 6.75. The summed E-state index contributed by atoms with van der Waals surface area (Å²) in [5.41, 5.74) is 4.58. The second-order valence-corrected chi connectivity index (χ2v) is 7.60. The Morgan fingerprint density at radius 1 is 1.29 bits per heavy atom. The van der Waals surface area contributed by atoms with Gasteiger partial charge in [0.25, 0.3) is 0 Å². The summed E-state index contributed by atoms with van der Waals surface area (Å²) < 4.78 is 3.77. The molecule has 0 saturated carbocycles. The number of thiazole rings is 1. The van der Waals surface area contributed by atoms with E-state index in [0.717, 1.165) is 40.2 Å². The molecular formula is C20H22N6OS. The van der Waals surface area contributed by atoms with Crippen molar-refractivity contribution in [1.29, 1.82) is 0 Å². The van der Waals surface area contributed by atoms with Gasteiger partial charge in [-0.1, -0.05) is 19.1 Å². The summed E-state index contributed by atoms with van der Waals surface area (Å²) in [7, 11) is 1.88. The maximum Gasteiger partial charge on any atom is 0.248 e. The fourth-order valence-electron chi connectivity index (χ4n) is 3.41. The van der Waals surface area contributed by atoms with Gasteiger partial charge < -0.3 is 9.88 Å². The Kier molecular flexibility index (Phi) is 4.72. The minimum absolute atomic E-state index is 0.110. The number of aromatic nitrogens is 5. The number of carbonyl (C=O) groups excluding carboxylic acids is 1. The first-order valence-corrected chi connectivity index (χ1v) is 10.1. The van der Waals surface area contributed by atoms with Crippen LogP contribution in [0.3, 0.4) is 0 Å². The lowest BCUT2D eigenvalue weighted by atomic mass is 10.2. The van der Waals surface area contributed by atoms with Crippen molar-refractivity contribution in [2.75, 3.05) is 5.32 Å². The van der Waals surface area contributed by atoms with Crippen LogP contribution in [-0.2, 0) is 18.3 Å². The summed E-state index contributed by atoms with van der Waals surface area (Å²) in [6.45, 7) is 5.89. The van der Waals surface area contributed by atoms with Gasteiger partial charge in [-0.2, -0.15) is 5.10 Å². The third-order valence-corrected chi connectivity index (χ3v) is 5.53. The van der Waals surface area contributed by atoms with Gasteiger partial charge in [0.15, 0.2) is 5.13 Å². The molecule has 0 fully saturated rings. The smallest absolute Gasteiger partial charge is 0.248 e. The number of aryl methyl sites for hydroxylation is 3. The molecule has 1 aromatic carbocycles. The number of hydrogen-bond acceptors (Lipinski definition) is 5. The van der Waals surface area contributed by atoms with E-state index < -0.39 is 6.04 Å². The Labute approximate surface area is 167 Å². The zero-order valence-electron chi connectivity index (χ0n) is 16.3. The topological polar surface area (TPSA) is 77.6 Å². The molecule has 1 atom stereocenters. The van der Waals surface area contributed by atoms with E-state index in [1.165, 1.54) is 11.3 Å². The number of nitrogens with zero attached hydrogens (tertiary/aromatic N) is 5. The maximum absolute atomic E-state index is 12.9. The molecule has 0 bridgehead atoms. The van der Waals surface area contributed by atoms with Gasteiger partial charge in [0.1, 0.15) is 11.9 Å². The van der Waals surface area contributed by atoms with Gasteiger partial charge in [0.05, 0.1) is 22.4 Å². The molecule has 0 radical (unpaired) electrons. The molecule has 0 aliphatic carbocycles. The molecule has 4 rings (SSSR count). The van der Waals surface area contributed by atoms with Gasteiger partial charge in [0.2, 0.25) is 5.91 Å². The molecule has 0 saturated heterocycles. The van der Waals surface area contributed by atoms with Gasteiger partial charge in [0, 0.05) is 30.6 Å². The molecule has 144 valence electrons. The van der Waals surface area contributed by atoms with Crippen LogP contribution in [0.15, 0.2) is 35.8 Å². The standard InChI is InChI=1S/C20H22N6OS/c1-5-18-21-15-8-6-7-9-17(15)26(18)13(3)19(27)23-20-22-16(11-28-20)14-10-25(4)24-12(14)2/h6-11,13H,5H2,1-4H3,(H,22,23,27). The highest BCUT2D eigenvalue weighted by Gasteiger charge is 2.22. The largest absolute Gasteiger partial charge is 0.316 e. The summed E-state index contributed by atoms with van der Waals surface area (Å²) in [6.07, 6.45) is 2.69. The highest BCUT2D eigenvalue weighted by molar-refractivity contribution is 7.14. The van der Waals surface area contributed by atoms with Crippen molar-refractivity contribution in [3.8, 4) is 11.3 Å². The quantitative estimate of drug-likeness (QED) is 0.556. The van der Waals surface area contributed by atoms with Gasteiger partial charge in [-0.25, -0.2) is 9.97 Å². The van der Waals surface area contributed by atoms with Gasteiger partial charge in [-0.15, -0.1) is 11.3 Å². The summed E-state index contributed by atoms with van der Waals surface area (Å²) in [4.78, 5) is 22.2. The molecule has 28 heavy (non-hydrogen) atoms. The first-order chi connectivity index (χ1) is 13.5. The van der Waals surface area contributed by atoms with Crippen LogP contribution in [0.1, 0.15) is 31.4 Å². The molecule has 0 aliphatic heterocycles. The van der Waals surface area contributed by atoms with E-state index >= 15 is 0 Å². The third kappa shape index (κ3) is 3.20. The van der Waals surface area contributed by atoms with Crippen LogP contribution in [0.5, 0.6) is 0 Å². The lowest BCUT2D eigenvalue weighted by Gasteiger charge is -2.16. The lowest BCUT2D eigenvalue weighted by molar-refractivity contribution is -0.118. The van der Waals surface area contributed by atoms with Crippen molar-refractivity contribution in [2.45, 2.75) is 33.2 Å². The minimum atomic E-state index is -0.394.